The molecule has 0 aromatic heterocycles. The molecule has 0 fully saturated rings. The maximum absolute atomic E-state index is 12.5. The predicted octanol–water partition coefficient (Wildman–Crippen LogP) is 2.83. The van der Waals surface area contributed by atoms with E-state index in [1.54, 1.807) is 6.07 Å². The lowest BCUT2D eigenvalue weighted by molar-refractivity contribution is -0.119. The fourth-order valence-corrected chi connectivity index (χ4v) is 4.05. The minimum absolute atomic E-state index is 0.0762. The number of nitrogens with one attached hydrogen (secondary N) is 1. The smallest absolute Gasteiger partial charge is 0.232 e. The molecule has 0 saturated heterocycles. The number of amides is 1. The molecule has 2 aromatic carbocycles. The van der Waals surface area contributed by atoms with Gasteiger partial charge in [0, 0.05) is 18.2 Å². The molecule has 25 heavy (non-hydrogen) atoms. The number of hydrogen-bond acceptors (Lipinski definition) is 3. The molecule has 1 N–H and O–H groups in total. The van der Waals surface area contributed by atoms with Crippen molar-refractivity contribution in [3.8, 4) is 0 Å². The van der Waals surface area contributed by atoms with Crippen molar-refractivity contribution in [2.45, 2.75) is 19.8 Å². The summed E-state index contributed by atoms with van der Waals surface area (Å²) >= 11 is 0. The van der Waals surface area contributed by atoms with E-state index in [0.29, 0.717) is 30.8 Å². The van der Waals surface area contributed by atoms with E-state index in [0.717, 1.165) is 11.1 Å². The Kier molecular flexibility index (Phi) is 4.81. The summed E-state index contributed by atoms with van der Waals surface area (Å²) in [6.45, 7) is 2.34. The van der Waals surface area contributed by atoms with E-state index in [2.05, 4.69) is 5.32 Å². The minimum Gasteiger partial charge on any atom is -0.326 e. The van der Waals surface area contributed by atoms with Crippen molar-refractivity contribution >= 4 is 27.3 Å². The molecular formula is C19H22N2O3S. The van der Waals surface area contributed by atoms with E-state index in [4.69, 9.17) is 0 Å². The fraction of sp³-hybridized carbons (Fsp3) is 0.316. The molecule has 5 nitrogen and oxygen atoms in total. The number of fused-ring (bicyclic) bond motifs is 1. The molecular weight excluding hydrogens is 336 g/mol. The molecule has 132 valence electrons. The fourth-order valence-electron chi connectivity index (χ4n) is 3.10. The number of hydrogen-bond donors (Lipinski definition) is 1. The summed E-state index contributed by atoms with van der Waals surface area (Å²) in [6.07, 6.45) is 2.56. The van der Waals surface area contributed by atoms with Crippen molar-refractivity contribution in [3.05, 3.63) is 59.7 Å². The molecule has 0 saturated carbocycles. The summed E-state index contributed by atoms with van der Waals surface area (Å²) in [5.74, 6) is -0.255. The van der Waals surface area contributed by atoms with Crippen LogP contribution in [0.15, 0.2) is 48.5 Å². The molecule has 6 heteroatoms. The van der Waals surface area contributed by atoms with Gasteiger partial charge in [-0.3, -0.25) is 9.10 Å². The zero-order chi connectivity index (χ0) is 18.0. The molecule has 0 spiro atoms. The van der Waals surface area contributed by atoms with E-state index in [1.807, 2.05) is 49.4 Å². The molecule has 1 atom stereocenters. The van der Waals surface area contributed by atoms with Gasteiger partial charge in [-0.15, -0.1) is 0 Å². The van der Waals surface area contributed by atoms with Gasteiger partial charge in [-0.25, -0.2) is 8.42 Å². The van der Waals surface area contributed by atoms with Crippen LogP contribution in [0.4, 0.5) is 11.4 Å². The van der Waals surface area contributed by atoms with Crippen LogP contribution >= 0.6 is 0 Å². The summed E-state index contributed by atoms with van der Waals surface area (Å²) in [7, 11) is -3.30. The normalized spacial score (nSPS) is 14.9. The predicted molar refractivity (Wildman–Crippen MR) is 100 cm³/mol. The maximum Gasteiger partial charge on any atom is 0.232 e. The van der Waals surface area contributed by atoms with Crippen molar-refractivity contribution in [1.29, 1.82) is 0 Å². The van der Waals surface area contributed by atoms with Crippen LogP contribution in [-0.2, 0) is 27.7 Å². The summed E-state index contributed by atoms with van der Waals surface area (Å²) in [6, 6.07) is 15.3. The molecule has 0 bridgehead atoms. The van der Waals surface area contributed by atoms with Crippen molar-refractivity contribution in [3.63, 3.8) is 0 Å². The standard InChI is InChI=1S/C19H22N2O3S/c1-14(12-15-6-4-3-5-7-15)19(22)20-17-9-8-16-10-11-21(18(16)13-17)25(2,23)24/h3-9,13-14H,10-12H2,1-2H3,(H,20,22). The van der Waals surface area contributed by atoms with Crippen LogP contribution in [0.2, 0.25) is 0 Å². The maximum atomic E-state index is 12.5. The highest BCUT2D eigenvalue weighted by Crippen LogP contribution is 2.32. The lowest BCUT2D eigenvalue weighted by Gasteiger charge is -2.18. The highest BCUT2D eigenvalue weighted by atomic mass is 32.2. The van der Waals surface area contributed by atoms with Gasteiger partial charge in [0.15, 0.2) is 0 Å². The average Bonchev–Trinajstić information content (AvgIpc) is 2.99. The van der Waals surface area contributed by atoms with Gasteiger partial charge in [0.2, 0.25) is 15.9 Å². The molecule has 2 aromatic rings. The number of anilines is 2. The van der Waals surface area contributed by atoms with Gasteiger partial charge in [0.05, 0.1) is 11.9 Å². The Morgan fingerprint density at radius 1 is 1.20 bits per heavy atom. The summed E-state index contributed by atoms with van der Waals surface area (Å²) in [5.41, 5.74) is 3.39. The van der Waals surface area contributed by atoms with Gasteiger partial charge in [0.1, 0.15) is 0 Å². The third-order valence-corrected chi connectivity index (χ3v) is 5.62. The Labute approximate surface area is 148 Å². The lowest BCUT2D eigenvalue weighted by Crippen LogP contribution is -2.27. The van der Waals surface area contributed by atoms with Crippen LogP contribution in [0.1, 0.15) is 18.1 Å². The Balaban J connectivity index is 1.72. The number of rotatable bonds is 5. The van der Waals surface area contributed by atoms with Crippen molar-refractivity contribution in [2.24, 2.45) is 5.92 Å². The van der Waals surface area contributed by atoms with Crippen LogP contribution in [0, 0.1) is 5.92 Å². The number of carbonyl (C=O) groups is 1. The third-order valence-electron chi connectivity index (χ3n) is 4.44. The van der Waals surface area contributed by atoms with Crippen molar-refractivity contribution in [1.82, 2.24) is 0 Å². The van der Waals surface area contributed by atoms with Crippen molar-refractivity contribution in [2.75, 3.05) is 22.4 Å². The summed E-state index contributed by atoms with van der Waals surface area (Å²) in [5, 5.41) is 2.90. The molecule has 1 aliphatic heterocycles. The monoisotopic (exact) mass is 358 g/mol. The molecule has 0 aliphatic carbocycles. The van der Waals surface area contributed by atoms with Gasteiger partial charge in [-0.1, -0.05) is 43.3 Å². The molecule has 1 amide bonds. The number of carbonyl (C=O) groups excluding carboxylic acids is 1. The Bertz CT molecular complexity index is 879. The topological polar surface area (TPSA) is 66.5 Å². The summed E-state index contributed by atoms with van der Waals surface area (Å²) in [4.78, 5) is 12.5. The first kappa shape index (κ1) is 17.5. The first-order valence-corrected chi connectivity index (χ1v) is 10.1. The van der Waals surface area contributed by atoms with Crippen LogP contribution in [-0.4, -0.2) is 27.1 Å². The van der Waals surface area contributed by atoms with E-state index in [-0.39, 0.29) is 11.8 Å². The quantitative estimate of drug-likeness (QED) is 0.894. The molecule has 1 unspecified atom stereocenters. The lowest BCUT2D eigenvalue weighted by atomic mass is 10.0. The third kappa shape index (κ3) is 4.02. The van der Waals surface area contributed by atoms with Crippen LogP contribution in [0.25, 0.3) is 0 Å². The zero-order valence-electron chi connectivity index (χ0n) is 14.4. The Morgan fingerprint density at radius 3 is 2.60 bits per heavy atom. The number of benzene rings is 2. The number of nitrogens with zero attached hydrogens (tertiary/aromatic N) is 1. The van der Waals surface area contributed by atoms with Gasteiger partial charge in [-0.2, -0.15) is 0 Å². The number of sulfonamides is 1. The zero-order valence-corrected chi connectivity index (χ0v) is 15.2. The van der Waals surface area contributed by atoms with E-state index >= 15 is 0 Å². The van der Waals surface area contributed by atoms with Gasteiger partial charge < -0.3 is 5.32 Å². The second kappa shape index (κ2) is 6.88. The SMILES string of the molecule is CC(Cc1ccccc1)C(=O)Nc1ccc2c(c1)N(S(C)(=O)=O)CC2. The largest absolute Gasteiger partial charge is 0.326 e. The van der Waals surface area contributed by atoms with E-state index in [1.165, 1.54) is 10.6 Å². The first-order chi connectivity index (χ1) is 11.8. The van der Waals surface area contributed by atoms with Gasteiger partial charge in [0.25, 0.3) is 0 Å². The van der Waals surface area contributed by atoms with Crippen LogP contribution < -0.4 is 9.62 Å². The van der Waals surface area contributed by atoms with E-state index in [9.17, 15) is 13.2 Å². The Morgan fingerprint density at radius 2 is 1.92 bits per heavy atom. The molecule has 3 rings (SSSR count). The Hall–Kier alpha value is -2.34. The summed E-state index contributed by atoms with van der Waals surface area (Å²) < 4.78 is 25.2. The molecule has 1 aliphatic rings. The average molecular weight is 358 g/mol. The van der Waals surface area contributed by atoms with Crippen LogP contribution in [0.3, 0.4) is 0 Å². The second-order valence-corrected chi connectivity index (χ2v) is 8.42. The van der Waals surface area contributed by atoms with Gasteiger partial charge >= 0.3 is 0 Å². The second-order valence-electron chi connectivity index (χ2n) is 6.51. The minimum atomic E-state index is -3.30. The first-order valence-electron chi connectivity index (χ1n) is 8.30. The van der Waals surface area contributed by atoms with E-state index < -0.39 is 10.0 Å². The van der Waals surface area contributed by atoms with Crippen molar-refractivity contribution < 1.29 is 13.2 Å². The van der Waals surface area contributed by atoms with Crippen LogP contribution in [0.5, 0.6) is 0 Å². The molecule has 1 heterocycles. The highest BCUT2D eigenvalue weighted by Gasteiger charge is 2.26. The van der Waals surface area contributed by atoms with Gasteiger partial charge in [-0.05, 0) is 36.1 Å². The molecule has 0 radical (unpaired) electrons. The highest BCUT2D eigenvalue weighted by molar-refractivity contribution is 7.92.